The molecule has 0 amide bonds. The predicted octanol–water partition coefficient (Wildman–Crippen LogP) is 0.972. The van der Waals surface area contributed by atoms with E-state index in [4.69, 9.17) is 10.2 Å². The van der Waals surface area contributed by atoms with Crippen LogP contribution in [0.4, 0.5) is 0 Å². The van der Waals surface area contributed by atoms with Crippen LogP contribution >= 0.6 is 0 Å². The van der Waals surface area contributed by atoms with Gasteiger partial charge in [0.05, 0.1) is 17.4 Å². The predicted molar refractivity (Wildman–Crippen MR) is 60.0 cm³/mol. The van der Waals surface area contributed by atoms with Gasteiger partial charge in [-0.1, -0.05) is 11.3 Å². The molecule has 7 heteroatoms. The second-order valence-corrected chi connectivity index (χ2v) is 3.66. The molecule has 0 saturated heterocycles. The van der Waals surface area contributed by atoms with E-state index in [1.165, 1.54) is 23.0 Å². The Morgan fingerprint density at radius 3 is 2.50 bits per heavy atom. The molecule has 0 aliphatic rings. The van der Waals surface area contributed by atoms with Crippen molar-refractivity contribution in [3.8, 4) is 5.69 Å². The minimum absolute atomic E-state index is 0.1000. The zero-order chi connectivity index (χ0) is 13.3. The van der Waals surface area contributed by atoms with Crippen molar-refractivity contribution in [1.82, 2.24) is 15.0 Å². The third kappa shape index (κ3) is 2.05. The van der Waals surface area contributed by atoms with Gasteiger partial charge in [-0.3, -0.25) is 0 Å². The van der Waals surface area contributed by atoms with Gasteiger partial charge in [0.1, 0.15) is 0 Å². The van der Waals surface area contributed by atoms with E-state index in [9.17, 15) is 9.59 Å². The van der Waals surface area contributed by atoms with Gasteiger partial charge < -0.3 is 10.2 Å². The van der Waals surface area contributed by atoms with Gasteiger partial charge in [-0.15, -0.1) is 5.10 Å². The summed E-state index contributed by atoms with van der Waals surface area (Å²) in [7, 11) is 0. The smallest absolute Gasteiger partial charge is 0.358 e. The number of aromatic nitrogens is 3. The van der Waals surface area contributed by atoms with Gasteiger partial charge in [-0.2, -0.15) is 0 Å². The number of aromatic carboxylic acids is 2. The Hall–Kier alpha value is -2.70. The van der Waals surface area contributed by atoms with Crippen LogP contribution in [0, 0.1) is 6.92 Å². The number of carboxylic acid groups (broad SMARTS) is 2. The normalized spacial score (nSPS) is 10.3. The average Bonchev–Trinajstić information content (AvgIpc) is 2.78. The molecule has 1 aromatic heterocycles. The van der Waals surface area contributed by atoms with Crippen LogP contribution in [0.3, 0.4) is 0 Å². The molecular weight excluding hydrogens is 238 g/mol. The number of hydrogen-bond acceptors (Lipinski definition) is 4. The lowest BCUT2D eigenvalue weighted by Crippen LogP contribution is -2.03. The minimum atomic E-state index is -1.19. The summed E-state index contributed by atoms with van der Waals surface area (Å²) < 4.78 is 1.24. The molecule has 1 heterocycles. The van der Waals surface area contributed by atoms with Gasteiger partial charge in [0, 0.05) is 0 Å². The lowest BCUT2D eigenvalue weighted by atomic mass is 10.1. The molecule has 18 heavy (non-hydrogen) atoms. The summed E-state index contributed by atoms with van der Waals surface area (Å²) >= 11 is 0. The molecule has 0 fully saturated rings. The largest absolute Gasteiger partial charge is 0.478 e. The number of carbonyl (C=O) groups is 2. The van der Waals surface area contributed by atoms with E-state index in [1.54, 1.807) is 13.0 Å². The minimum Gasteiger partial charge on any atom is -0.478 e. The molecule has 0 bridgehead atoms. The lowest BCUT2D eigenvalue weighted by molar-refractivity contribution is 0.0682. The first-order valence-corrected chi connectivity index (χ1v) is 4.99. The van der Waals surface area contributed by atoms with Gasteiger partial charge in [-0.25, -0.2) is 14.3 Å². The number of rotatable bonds is 3. The van der Waals surface area contributed by atoms with E-state index in [0.717, 1.165) is 5.56 Å². The SMILES string of the molecule is Cc1ccc(C(=O)O)cc1-n1cc(C(=O)O)nn1. The number of aryl methyl sites for hydroxylation is 1. The van der Waals surface area contributed by atoms with Crippen LogP contribution < -0.4 is 0 Å². The summed E-state index contributed by atoms with van der Waals surface area (Å²) in [6.07, 6.45) is 1.23. The van der Waals surface area contributed by atoms with Crippen LogP contribution in [0.15, 0.2) is 24.4 Å². The van der Waals surface area contributed by atoms with E-state index in [1.807, 2.05) is 0 Å². The monoisotopic (exact) mass is 247 g/mol. The number of hydrogen-bond donors (Lipinski definition) is 2. The molecule has 2 rings (SSSR count). The fourth-order valence-corrected chi connectivity index (χ4v) is 1.47. The summed E-state index contributed by atoms with van der Waals surface area (Å²) in [4.78, 5) is 21.6. The maximum Gasteiger partial charge on any atom is 0.358 e. The Bertz CT molecular complexity index is 633. The van der Waals surface area contributed by atoms with E-state index in [2.05, 4.69) is 10.3 Å². The van der Waals surface area contributed by atoms with Crippen LogP contribution in [0.2, 0.25) is 0 Å². The highest BCUT2D eigenvalue weighted by atomic mass is 16.4. The number of benzene rings is 1. The summed E-state index contributed by atoms with van der Waals surface area (Å²) in [6, 6.07) is 4.51. The van der Waals surface area contributed by atoms with Crippen LogP contribution in [0.5, 0.6) is 0 Å². The Morgan fingerprint density at radius 2 is 1.94 bits per heavy atom. The highest BCUT2D eigenvalue weighted by molar-refractivity contribution is 5.88. The van der Waals surface area contributed by atoms with Crippen molar-refractivity contribution in [3.63, 3.8) is 0 Å². The van der Waals surface area contributed by atoms with Crippen molar-refractivity contribution in [2.75, 3.05) is 0 Å². The third-order valence-corrected chi connectivity index (χ3v) is 2.42. The molecule has 0 spiro atoms. The highest BCUT2D eigenvalue weighted by Gasteiger charge is 2.12. The molecule has 0 aliphatic carbocycles. The van der Waals surface area contributed by atoms with Gasteiger partial charge in [0.15, 0.2) is 5.69 Å². The van der Waals surface area contributed by atoms with Crippen molar-refractivity contribution in [1.29, 1.82) is 0 Å². The van der Waals surface area contributed by atoms with Crippen LogP contribution in [0.1, 0.15) is 26.4 Å². The highest BCUT2D eigenvalue weighted by Crippen LogP contribution is 2.15. The molecule has 2 aromatic rings. The van der Waals surface area contributed by atoms with Crippen LogP contribution in [-0.4, -0.2) is 37.1 Å². The van der Waals surface area contributed by atoms with Crippen LogP contribution in [0.25, 0.3) is 5.69 Å². The molecule has 1 aromatic carbocycles. The van der Waals surface area contributed by atoms with E-state index < -0.39 is 11.9 Å². The van der Waals surface area contributed by atoms with Crippen LogP contribution in [-0.2, 0) is 0 Å². The quantitative estimate of drug-likeness (QED) is 0.837. The summed E-state index contributed by atoms with van der Waals surface area (Å²) in [5.74, 6) is -2.25. The van der Waals surface area contributed by atoms with E-state index in [-0.39, 0.29) is 11.3 Å². The first-order chi connectivity index (χ1) is 8.49. The topological polar surface area (TPSA) is 105 Å². The van der Waals surface area contributed by atoms with E-state index in [0.29, 0.717) is 5.69 Å². The molecule has 0 radical (unpaired) electrons. The van der Waals surface area contributed by atoms with Crippen molar-refractivity contribution in [2.24, 2.45) is 0 Å². The standard InChI is InChI=1S/C11H9N3O4/c1-6-2-3-7(10(15)16)4-9(6)14-5-8(11(17)18)12-13-14/h2-5H,1H3,(H,15,16)(H,17,18). The molecule has 7 nitrogen and oxygen atoms in total. The van der Waals surface area contributed by atoms with Gasteiger partial charge >= 0.3 is 11.9 Å². The second-order valence-electron chi connectivity index (χ2n) is 3.66. The van der Waals surface area contributed by atoms with Crippen molar-refractivity contribution >= 4 is 11.9 Å². The molecule has 92 valence electrons. The number of nitrogens with zero attached hydrogens (tertiary/aromatic N) is 3. The van der Waals surface area contributed by atoms with Crippen molar-refractivity contribution in [2.45, 2.75) is 6.92 Å². The zero-order valence-electron chi connectivity index (χ0n) is 9.36. The Balaban J connectivity index is 2.51. The third-order valence-electron chi connectivity index (χ3n) is 2.42. The fraction of sp³-hybridized carbons (Fsp3) is 0.0909. The first-order valence-electron chi connectivity index (χ1n) is 4.99. The molecular formula is C11H9N3O4. The Morgan fingerprint density at radius 1 is 1.22 bits per heavy atom. The van der Waals surface area contributed by atoms with Gasteiger partial charge in [0.2, 0.25) is 0 Å². The molecule has 2 N–H and O–H groups in total. The van der Waals surface area contributed by atoms with Gasteiger partial charge in [0.25, 0.3) is 0 Å². The maximum atomic E-state index is 10.9. The summed E-state index contributed by atoms with van der Waals surface area (Å²) in [5, 5.41) is 24.8. The first kappa shape index (κ1) is 11.8. The Labute approximate surface area is 101 Å². The van der Waals surface area contributed by atoms with Gasteiger partial charge in [-0.05, 0) is 24.6 Å². The molecule has 0 atom stereocenters. The molecule has 0 aliphatic heterocycles. The summed E-state index contributed by atoms with van der Waals surface area (Å²) in [5.41, 5.74) is 1.15. The molecule has 0 saturated carbocycles. The van der Waals surface area contributed by atoms with Crippen molar-refractivity contribution < 1.29 is 19.8 Å². The lowest BCUT2D eigenvalue weighted by Gasteiger charge is -2.05. The molecule has 0 unspecified atom stereocenters. The maximum absolute atomic E-state index is 10.9. The van der Waals surface area contributed by atoms with Crippen molar-refractivity contribution in [3.05, 3.63) is 41.2 Å². The summed E-state index contributed by atoms with van der Waals surface area (Å²) in [6.45, 7) is 1.77. The second kappa shape index (κ2) is 4.28. The van der Waals surface area contributed by atoms with E-state index >= 15 is 0 Å². The Kier molecular flexibility index (Phi) is 2.80. The number of carboxylic acids is 2. The zero-order valence-corrected chi connectivity index (χ0v) is 9.36. The fourth-order valence-electron chi connectivity index (χ4n) is 1.47. The average molecular weight is 247 g/mol.